The Morgan fingerprint density at radius 1 is 1.23 bits per heavy atom. The maximum Gasteiger partial charge on any atom is 0.326 e. The van der Waals surface area contributed by atoms with Gasteiger partial charge in [0, 0.05) is 19.0 Å². The van der Waals surface area contributed by atoms with Crippen LogP contribution in [-0.4, -0.2) is 48.8 Å². The lowest BCUT2D eigenvalue weighted by atomic mass is 9.94. The van der Waals surface area contributed by atoms with Gasteiger partial charge >= 0.3 is 5.97 Å². The lowest BCUT2D eigenvalue weighted by Gasteiger charge is -2.31. The molecule has 144 valence electrons. The highest BCUT2D eigenvalue weighted by Crippen LogP contribution is 2.24. The van der Waals surface area contributed by atoms with E-state index >= 15 is 0 Å². The minimum atomic E-state index is -3.56. The number of carbonyl (C=O) groups is 2. The zero-order chi connectivity index (χ0) is 19.3. The van der Waals surface area contributed by atoms with Gasteiger partial charge in [-0.05, 0) is 30.9 Å². The smallest absolute Gasteiger partial charge is 0.326 e. The molecule has 0 aliphatic carbocycles. The average molecular weight is 382 g/mol. The molecular formula is C18H26N2O5S. The first-order valence-corrected chi connectivity index (χ1v) is 10.3. The number of nitrogens with one attached hydrogen (secondary N) is 1. The van der Waals surface area contributed by atoms with Crippen LogP contribution in [0, 0.1) is 11.8 Å². The number of rotatable bonds is 7. The summed E-state index contributed by atoms with van der Waals surface area (Å²) in [5, 5.41) is 11.9. The molecule has 1 amide bonds. The number of nitrogens with zero attached hydrogens (tertiary/aromatic N) is 1. The van der Waals surface area contributed by atoms with E-state index in [2.05, 4.69) is 5.32 Å². The van der Waals surface area contributed by atoms with Crippen molar-refractivity contribution in [3.63, 3.8) is 0 Å². The van der Waals surface area contributed by atoms with Crippen LogP contribution in [0.5, 0.6) is 0 Å². The van der Waals surface area contributed by atoms with E-state index in [4.69, 9.17) is 0 Å². The minimum Gasteiger partial charge on any atom is -0.480 e. The zero-order valence-corrected chi connectivity index (χ0v) is 15.9. The quantitative estimate of drug-likeness (QED) is 0.747. The summed E-state index contributed by atoms with van der Waals surface area (Å²) in [4.78, 5) is 24.0. The molecule has 1 aliphatic heterocycles. The van der Waals surface area contributed by atoms with Crippen molar-refractivity contribution in [1.82, 2.24) is 9.62 Å². The van der Waals surface area contributed by atoms with Gasteiger partial charge in [-0.25, -0.2) is 13.2 Å². The summed E-state index contributed by atoms with van der Waals surface area (Å²) in [6.07, 6.45) is 1.40. The van der Waals surface area contributed by atoms with Gasteiger partial charge in [-0.3, -0.25) is 4.79 Å². The summed E-state index contributed by atoms with van der Waals surface area (Å²) >= 11 is 0. The van der Waals surface area contributed by atoms with E-state index in [1.54, 1.807) is 37.3 Å². The molecule has 0 radical (unpaired) electrons. The Morgan fingerprint density at radius 2 is 1.81 bits per heavy atom. The molecule has 0 bridgehead atoms. The van der Waals surface area contributed by atoms with Gasteiger partial charge in [-0.2, -0.15) is 4.31 Å². The second-order valence-corrected chi connectivity index (χ2v) is 8.64. The fraction of sp³-hybridized carbons (Fsp3) is 0.556. The minimum absolute atomic E-state index is 0.171. The molecule has 26 heavy (non-hydrogen) atoms. The van der Waals surface area contributed by atoms with E-state index in [-0.39, 0.29) is 35.7 Å². The predicted molar refractivity (Wildman–Crippen MR) is 96.9 cm³/mol. The highest BCUT2D eigenvalue weighted by molar-refractivity contribution is 7.89. The Labute approximate surface area is 154 Å². The fourth-order valence-electron chi connectivity index (χ4n) is 3.05. The van der Waals surface area contributed by atoms with Gasteiger partial charge in [-0.1, -0.05) is 38.5 Å². The van der Waals surface area contributed by atoms with Crippen molar-refractivity contribution in [3.8, 4) is 0 Å². The van der Waals surface area contributed by atoms with E-state index in [9.17, 15) is 23.1 Å². The number of carbonyl (C=O) groups excluding carboxylic acids is 1. The second-order valence-electron chi connectivity index (χ2n) is 6.70. The lowest BCUT2D eigenvalue weighted by Crippen LogP contribution is -2.49. The highest BCUT2D eigenvalue weighted by atomic mass is 32.2. The summed E-state index contributed by atoms with van der Waals surface area (Å²) < 4.78 is 26.6. The molecule has 1 fully saturated rings. The third-order valence-corrected chi connectivity index (χ3v) is 6.90. The molecule has 8 heteroatoms. The summed E-state index contributed by atoms with van der Waals surface area (Å²) in [7, 11) is -3.56. The van der Waals surface area contributed by atoms with Gasteiger partial charge < -0.3 is 10.4 Å². The van der Waals surface area contributed by atoms with Crippen LogP contribution in [0.15, 0.2) is 35.2 Å². The number of hydrogen-bond donors (Lipinski definition) is 2. The molecule has 2 rings (SSSR count). The first kappa shape index (κ1) is 20.4. The molecule has 1 heterocycles. The first-order chi connectivity index (χ1) is 12.3. The normalized spacial score (nSPS) is 18.8. The molecule has 1 aromatic rings. The molecule has 0 aromatic heterocycles. The van der Waals surface area contributed by atoms with Crippen LogP contribution >= 0.6 is 0 Å². The molecular weight excluding hydrogens is 356 g/mol. The van der Waals surface area contributed by atoms with Crippen molar-refractivity contribution < 1.29 is 23.1 Å². The van der Waals surface area contributed by atoms with Gasteiger partial charge in [0.2, 0.25) is 15.9 Å². The van der Waals surface area contributed by atoms with Crippen LogP contribution in [0.2, 0.25) is 0 Å². The molecule has 0 spiro atoms. The monoisotopic (exact) mass is 382 g/mol. The summed E-state index contributed by atoms with van der Waals surface area (Å²) in [5.41, 5.74) is 0. The summed E-state index contributed by atoms with van der Waals surface area (Å²) in [6.45, 7) is 4.15. The van der Waals surface area contributed by atoms with Gasteiger partial charge in [0.15, 0.2) is 0 Å². The van der Waals surface area contributed by atoms with Crippen molar-refractivity contribution in [2.75, 3.05) is 13.1 Å². The summed E-state index contributed by atoms with van der Waals surface area (Å²) in [5.74, 6) is -1.90. The average Bonchev–Trinajstić information content (AvgIpc) is 2.65. The van der Waals surface area contributed by atoms with Crippen LogP contribution < -0.4 is 5.32 Å². The molecule has 1 saturated heterocycles. The number of benzene rings is 1. The number of piperidine rings is 1. The van der Waals surface area contributed by atoms with E-state index in [1.165, 1.54) is 4.31 Å². The maximum absolute atomic E-state index is 12.6. The molecule has 2 N–H and O–H groups in total. The van der Waals surface area contributed by atoms with E-state index in [1.807, 2.05) is 6.92 Å². The number of sulfonamides is 1. The number of aliphatic carboxylic acids is 1. The molecule has 0 saturated carbocycles. The standard InChI is InChI=1S/C18H26N2O5S/c1-3-13(2)16(18(22)23)19-17(21)14-9-11-20(12-10-14)26(24,25)15-7-5-4-6-8-15/h4-8,13-14,16H,3,9-12H2,1-2H3,(H,19,21)(H,22,23). The number of hydrogen-bond acceptors (Lipinski definition) is 4. The van der Waals surface area contributed by atoms with Crippen LogP contribution in [0.25, 0.3) is 0 Å². The van der Waals surface area contributed by atoms with Crippen LogP contribution in [-0.2, 0) is 19.6 Å². The maximum atomic E-state index is 12.6. The van der Waals surface area contributed by atoms with Crippen LogP contribution in [0.1, 0.15) is 33.1 Å². The number of carboxylic acid groups (broad SMARTS) is 1. The molecule has 2 atom stereocenters. The molecule has 2 unspecified atom stereocenters. The Morgan fingerprint density at radius 3 is 2.31 bits per heavy atom. The van der Waals surface area contributed by atoms with Crippen LogP contribution in [0.3, 0.4) is 0 Å². The molecule has 1 aliphatic rings. The van der Waals surface area contributed by atoms with Crippen molar-refractivity contribution in [2.24, 2.45) is 11.8 Å². The van der Waals surface area contributed by atoms with E-state index < -0.39 is 22.0 Å². The number of amides is 1. The summed E-state index contributed by atoms with van der Waals surface area (Å²) in [6, 6.07) is 7.29. The third kappa shape index (κ3) is 4.62. The topological polar surface area (TPSA) is 104 Å². The third-order valence-electron chi connectivity index (χ3n) is 4.98. The number of carboxylic acids is 1. The van der Waals surface area contributed by atoms with Gasteiger partial charge in [0.05, 0.1) is 4.90 Å². The Bertz CT molecular complexity index is 727. The van der Waals surface area contributed by atoms with Crippen LogP contribution in [0.4, 0.5) is 0 Å². The first-order valence-electron chi connectivity index (χ1n) is 8.85. The Kier molecular flexibility index (Phi) is 6.77. The van der Waals surface area contributed by atoms with Crippen molar-refractivity contribution in [1.29, 1.82) is 0 Å². The second kappa shape index (κ2) is 8.64. The van der Waals surface area contributed by atoms with Gasteiger partial charge in [-0.15, -0.1) is 0 Å². The van der Waals surface area contributed by atoms with Crippen molar-refractivity contribution >= 4 is 21.9 Å². The molecule has 7 nitrogen and oxygen atoms in total. The molecule has 1 aromatic carbocycles. The van der Waals surface area contributed by atoms with E-state index in [0.29, 0.717) is 19.3 Å². The predicted octanol–water partition coefficient (Wildman–Crippen LogP) is 1.70. The highest BCUT2D eigenvalue weighted by Gasteiger charge is 2.34. The van der Waals surface area contributed by atoms with Crippen molar-refractivity contribution in [3.05, 3.63) is 30.3 Å². The van der Waals surface area contributed by atoms with E-state index in [0.717, 1.165) is 0 Å². The fourth-order valence-corrected chi connectivity index (χ4v) is 4.54. The van der Waals surface area contributed by atoms with Gasteiger partial charge in [0.25, 0.3) is 0 Å². The van der Waals surface area contributed by atoms with Gasteiger partial charge in [0.1, 0.15) is 6.04 Å². The van der Waals surface area contributed by atoms with Crippen molar-refractivity contribution in [2.45, 2.75) is 44.0 Å². The SMILES string of the molecule is CCC(C)C(NC(=O)C1CCN(S(=O)(=O)c2ccccc2)CC1)C(=O)O. The zero-order valence-electron chi connectivity index (χ0n) is 15.1. The lowest BCUT2D eigenvalue weighted by molar-refractivity contribution is -0.144. The largest absolute Gasteiger partial charge is 0.480 e. The Hall–Kier alpha value is -1.93. The Balaban J connectivity index is 1.97.